The SMILES string of the molecule is COCCOCCCCN1CC(C(=O)O)CC1=O. The quantitative estimate of drug-likeness (QED) is 0.605. The van der Waals surface area contributed by atoms with Gasteiger partial charge in [-0.15, -0.1) is 0 Å². The number of nitrogens with zero attached hydrogens (tertiary/aromatic N) is 1. The van der Waals surface area contributed by atoms with Gasteiger partial charge >= 0.3 is 5.97 Å². The lowest BCUT2D eigenvalue weighted by Crippen LogP contribution is -2.27. The lowest BCUT2D eigenvalue weighted by atomic mass is 10.1. The average Bonchev–Trinajstić information content (AvgIpc) is 2.70. The van der Waals surface area contributed by atoms with Crippen LogP contribution in [0.4, 0.5) is 0 Å². The molecule has 18 heavy (non-hydrogen) atoms. The Morgan fingerprint density at radius 3 is 2.78 bits per heavy atom. The first-order valence-electron chi connectivity index (χ1n) is 6.22. The van der Waals surface area contributed by atoms with Crippen LogP contribution >= 0.6 is 0 Å². The Hall–Kier alpha value is -1.14. The lowest BCUT2D eigenvalue weighted by molar-refractivity contribution is -0.141. The molecule has 1 aliphatic rings. The largest absolute Gasteiger partial charge is 0.481 e. The van der Waals surface area contributed by atoms with Crippen LogP contribution in [-0.4, -0.2) is 61.9 Å². The van der Waals surface area contributed by atoms with E-state index in [-0.39, 0.29) is 12.3 Å². The van der Waals surface area contributed by atoms with Crippen molar-refractivity contribution in [1.82, 2.24) is 4.90 Å². The average molecular weight is 259 g/mol. The number of carboxylic acids is 1. The van der Waals surface area contributed by atoms with Gasteiger partial charge in [0.25, 0.3) is 0 Å². The molecule has 0 aromatic heterocycles. The summed E-state index contributed by atoms with van der Waals surface area (Å²) in [6.07, 6.45) is 1.84. The maximum absolute atomic E-state index is 11.5. The van der Waals surface area contributed by atoms with Crippen molar-refractivity contribution in [3.8, 4) is 0 Å². The van der Waals surface area contributed by atoms with Crippen molar-refractivity contribution in [2.75, 3.05) is 40.0 Å². The Balaban J connectivity index is 2.06. The van der Waals surface area contributed by atoms with Crippen LogP contribution in [0.3, 0.4) is 0 Å². The molecule has 6 nitrogen and oxygen atoms in total. The number of ether oxygens (including phenoxy) is 2. The van der Waals surface area contributed by atoms with Gasteiger partial charge < -0.3 is 19.5 Å². The molecule has 6 heteroatoms. The van der Waals surface area contributed by atoms with Crippen molar-refractivity contribution in [3.05, 3.63) is 0 Å². The highest BCUT2D eigenvalue weighted by Crippen LogP contribution is 2.18. The maximum atomic E-state index is 11.5. The van der Waals surface area contributed by atoms with Crippen LogP contribution in [0, 0.1) is 5.92 Å². The molecule has 1 aliphatic heterocycles. The van der Waals surface area contributed by atoms with Crippen molar-refractivity contribution in [1.29, 1.82) is 0 Å². The summed E-state index contributed by atoms with van der Waals surface area (Å²) < 4.78 is 10.1. The Morgan fingerprint density at radius 1 is 1.39 bits per heavy atom. The zero-order valence-corrected chi connectivity index (χ0v) is 10.8. The number of carbonyl (C=O) groups excluding carboxylic acids is 1. The molecule has 1 heterocycles. The zero-order valence-electron chi connectivity index (χ0n) is 10.8. The van der Waals surface area contributed by atoms with Gasteiger partial charge in [0.1, 0.15) is 0 Å². The topological polar surface area (TPSA) is 76.1 Å². The molecule has 1 atom stereocenters. The molecule has 0 saturated carbocycles. The summed E-state index contributed by atoms with van der Waals surface area (Å²) in [5.41, 5.74) is 0. The van der Waals surface area contributed by atoms with E-state index in [2.05, 4.69) is 0 Å². The second-order valence-corrected chi connectivity index (χ2v) is 4.39. The molecule has 0 aromatic carbocycles. The molecule has 0 aromatic rings. The van der Waals surface area contributed by atoms with Gasteiger partial charge in [-0.3, -0.25) is 9.59 Å². The highest BCUT2D eigenvalue weighted by molar-refractivity contribution is 5.86. The number of aliphatic carboxylic acids is 1. The Bertz CT molecular complexity index is 282. The van der Waals surface area contributed by atoms with Crippen molar-refractivity contribution in [2.45, 2.75) is 19.3 Å². The van der Waals surface area contributed by atoms with Crippen LogP contribution in [-0.2, 0) is 19.1 Å². The third kappa shape index (κ3) is 5.01. The molecule has 1 saturated heterocycles. The maximum Gasteiger partial charge on any atom is 0.308 e. The van der Waals surface area contributed by atoms with Crippen LogP contribution in [0.1, 0.15) is 19.3 Å². The van der Waals surface area contributed by atoms with Crippen LogP contribution in [0.2, 0.25) is 0 Å². The van der Waals surface area contributed by atoms with E-state index in [9.17, 15) is 9.59 Å². The van der Waals surface area contributed by atoms with Crippen LogP contribution in [0.15, 0.2) is 0 Å². The van der Waals surface area contributed by atoms with Crippen molar-refractivity contribution >= 4 is 11.9 Å². The molecule has 0 bridgehead atoms. The monoisotopic (exact) mass is 259 g/mol. The number of carbonyl (C=O) groups is 2. The van der Waals surface area contributed by atoms with Gasteiger partial charge in [0.2, 0.25) is 5.91 Å². The van der Waals surface area contributed by atoms with E-state index in [1.54, 1.807) is 12.0 Å². The summed E-state index contributed by atoms with van der Waals surface area (Å²) in [7, 11) is 1.63. The van der Waals surface area contributed by atoms with Gasteiger partial charge in [0, 0.05) is 33.2 Å². The summed E-state index contributed by atoms with van der Waals surface area (Å²) in [4.78, 5) is 23.9. The van der Waals surface area contributed by atoms with Crippen LogP contribution in [0.5, 0.6) is 0 Å². The van der Waals surface area contributed by atoms with Gasteiger partial charge in [-0.05, 0) is 12.8 Å². The fourth-order valence-electron chi connectivity index (χ4n) is 1.90. The molecule has 0 aliphatic carbocycles. The fourth-order valence-corrected chi connectivity index (χ4v) is 1.90. The van der Waals surface area contributed by atoms with E-state index in [4.69, 9.17) is 14.6 Å². The first-order chi connectivity index (χ1) is 8.65. The molecule has 104 valence electrons. The second-order valence-electron chi connectivity index (χ2n) is 4.39. The molecule has 0 spiro atoms. The van der Waals surface area contributed by atoms with Crippen molar-refractivity contribution in [2.24, 2.45) is 5.92 Å². The van der Waals surface area contributed by atoms with Gasteiger partial charge in [-0.2, -0.15) is 0 Å². The number of rotatable bonds is 9. The van der Waals surface area contributed by atoms with E-state index in [0.717, 1.165) is 12.8 Å². The van der Waals surface area contributed by atoms with Crippen molar-refractivity contribution < 1.29 is 24.2 Å². The highest BCUT2D eigenvalue weighted by Gasteiger charge is 2.33. The van der Waals surface area contributed by atoms with Gasteiger partial charge in [-0.25, -0.2) is 0 Å². The smallest absolute Gasteiger partial charge is 0.308 e. The summed E-state index contributed by atoms with van der Waals surface area (Å²) in [6.45, 7) is 2.79. The van der Waals surface area contributed by atoms with E-state index in [1.165, 1.54) is 0 Å². The first-order valence-corrected chi connectivity index (χ1v) is 6.22. The summed E-state index contributed by atoms with van der Waals surface area (Å²) >= 11 is 0. The minimum absolute atomic E-state index is 0.0531. The van der Waals surface area contributed by atoms with Gasteiger partial charge in [0.15, 0.2) is 0 Å². The first kappa shape index (κ1) is 14.9. The molecule has 1 unspecified atom stereocenters. The molecule has 1 fully saturated rings. The molecular formula is C12H21NO5. The Morgan fingerprint density at radius 2 is 2.17 bits per heavy atom. The van der Waals surface area contributed by atoms with Crippen LogP contribution in [0.25, 0.3) is 0 Å². The highest BCUT2D eigenvalue weighted by atomic mass is 16.5. The molecule has 1 amide bonds. The third-order valence-electron chi connectivity index (χ3n) is 2.96. The fraction of sp³-hybridized carbons (Fsp3) is 0.833. The minimum Gasteiger partial charge on any atom is -0.481 e. The van der Waals surface area contributed by atoms with E-state index < -0.39 is 11.9 Å². The minimum atomic E-state index is -0.881. The molecule has 1 N–H and O–H groups in total. The van der Waals surface area contributed by atoms with Crippen molar-refractivity contribution in [3.63, 3.8) is 0 Å². The normalized spacial score (nSPS) is 19.5. The number of methoxy groups -OCH3 is 1. The number of hydrogen-bond donors (Lipinski definition) is 1. The van der Waals surface area contributed by atoms with E-state index in [1.807, 2.05) is 0 Å². The number of hydrogen-bond acceptors (Lipinski definition) is 4. The number of unbranched alkanes of at least 4 members (excludes halogenated alkanes) is 1. The molecule has 0 radical (unpaired) electrons. The predicted molar refractivity (Wildman–Crippen MR) is 64.3 cm³/mol. The summed E-state index contributed by atoms with van der Waals surface area (Å²) in [5.74, 6) is -1.47. The summed E-state index contributed by atoms with van der Waals surface area (Å²) in [5, 5.41) is 8.83. The third-order valence-corrected chi connectivity index (χ3v) is 2.96. The van der Waals surface area contributed by atoms with Gasteiger partial charge in [-0.1, -0.05) is 0 Å². The van der Waals surface area contributed by atoms with Crippen LogP contribution < -0.4 is 0 Å². The Kier molecular flexibility index (Phi) is 6.67. The molecular weight excluding hydrogens is 238 g/mol. The van der Waals surface area contributed by atoms with E-state index >= 15 is 0 Å². The Labute approximate surface area is 107 Å². The number of likely N-dealkylation sites (tertiary alicyclic amines) is 1. The lowest BCUT2D eigenvalue weighted by Gasteiger charge is -2.15. The molecule has 1 rings (SSSR count). The second kappa shape index (κ2) is 8.05. The summed E-state index contributed by atoms with van der Waals surface area (Å²) in [6, 6.07) is 0. The van der Waals surface area contributed by atoms with Gasteiger partial charge in [0.05, 0.1) is 19.1 Å². The standard InChI is InChI=1S/C12H21NO5/c1-17-6-7-18-5-3-2-4-13-9-10(12(15)16)8-11(13)14/h10H,2-9H2,1H3,(H,15,16). The predicted octanol–water partition coefficient (Wildman–Crippen LogP) is 0.363. The zero-order chi connectivity index (χ0) is 13.4. The van der Waals surface area contributed by atoms with E-state index in [0.29, 0.717) is 32.9 Å². The number of carboxylic acid groups (broad SMARTS) is 1. The number of amides is 1.